The summed E-state index contributed by atoms with van der Waals surface area (Å²) in [6, 6.07) is 4.51. The number of H-pyrrole nitrogens is 1. The van der Waals surface area contributed by atoms with Gasteiger partial charge in [0.15, 0.2) is 11.5 Å². The number of carbonyl (C=O) groups is 3. The predicted molar refractivity (Wildman–Crippen MR) is 161 cm³/mol. The molecule has 3 amide bonds. The van der Waals surface area contributed by atoms with E-state index in [0.717, 1.165) is 25.9 Å². The number of hydrogen-bond donors (Lipinski definition) is 3. The lowest BCUT2D eigenvalue weighted by Gasteiger charge is -2.37. The largest absolute Gasteiger partial charge is 0.435 e. The number of aromatic amines is 1. The van der Waals surface area contributed by atoms with E-state index in [2.05, 4.69) is 25.7 Å². The maximum atomic E-state index is 13.6. The number of anilines is 1. The Hall–Kier alpha value is -3.91. The van der Waals surface area contributed by atoms with Crippen LogP contribution in [-0.4, -0.2) is 86.5 Å². The van der Waals surface area contributed by atoms with Crippen LogP contribution >= 0.6 is 11.6 Å². The summed E-state index contributed by atoms with van der Waals surface area (Å²) in [5, 5.41) is 9.77. The number of halogens is 4. The number of aromatic nitrogens is 4. The Labute approximate surface area is 263 Å². The van der Waals surface area contributed by atoms with Crippen LogP contribution in [0.25, 0.3) is 0 Å². The topological polar surface area (TPSA) is 128 Å². The van der Waals surface area contributed by atoms with E-state index >= 15 is 0 Å². The fourth-order valence-corrected chi connectivity index (χ4v) is 5.91. The van der Waals surface area contributed by atoms with Gasteiger partial charge in [0.25, 0.3) is 11.8 Å². The standard InChI is InChI=1S/C30H36ClF3N8O3/c1-18(2)16-42-17-20(25(39-42)30(32,33)34)13-22-15-36-26(37-22)27(43)38-21-3-4-23(24(31)14-21)29(45)41-11-9-40(10-12-41)28(44)19-5-7-35-8-6-19/h3-4,14-15,17-19,35H,5-13,16H2,1-2H3,(H,36,37)(H,38,43). The van der Waals surface area contributed by atoms with Gasteiger partial charge in [0.2, 0.25) is 5.91 Å². The molecule has 0 radical (unpaired) electrons. The zero-order valence-corrected chi connectivity index (χ0v) is 25.8. The minimum Gasteiger partial charge on any atom is -0.339 e. The van der Waals surface area contributed by atoms with Gasteiger partial charge in [-0.3, -0.25) is 19.1 Å². The second-order valence-electron chi connectivity index (χ2n) is 11.8. The van der Waals surface area contributed by atoms with E-state index in [1.54, 1.807) is 4.90 Å². The van der Waals surface area contributed by atoms with Crippen LogP contribution in [0.4, 0.5) is 18.9 Å². The highest BCUT2D eigenvalue weighted by atomic mass is 35.5. The third kappa shape index (κ3) is 7.85. The SMILES string of the molecule is CC(C)Cn1cc(Cc2cnc(C(=O)Nc3ccc(C(=O)N4CCN(C(=O)C5CCNCC5)CC4)c(Cl)c3)[nH]2)c(C(F)(F)F)n1. The van der Waals surface area contributed by atoms with Crippen LogP contribution in [0.15, 0.2) is 30.6 Å². The third-order valence-electron chi connectivity index (χ3n) is 7.91. The molecule has 1 aromatic carbocycles. The van der Waals surface area contributed by atoms with Crippen LogP contribution in [0.3, 0.4) is 0 Å². The number of amides is 3. The Balaban J connectivity index is 1.18. The number of piperazine rings is 1. The molecule has 11 nitrogen and oxygen atoms in total. The molecule has 242 valence electrons. The molecule has 0 aliphatic carbocycles. The number of carbonyl (C=O) groups excluding carboxylic acids is 3. The van der Waals surface area contributed by atoms with Crippen molar-refractivity contribution in [2.45, 2.75) is 45.8 Å². The van der Waals surface area contributed by atoms with Gasteiger partial charge in [-0.05, 0) is 50.0 Å². The molecule has 15 heteroatoms. The van der Waals surface area contributed by atoms with Crippen molar-refractivity contribution in [1.82, 2.24) is 34.9 Å². The van der Waals surface area contributed by atoms with Crippen molar-refractivity contribution in [3.05, 3.63) is 64.0 Å². The predicted octanol–water partition coefficient (Wildman–Crippen LogP) is 4.06. The van der Waals surface area contributed by atoms with Crippen LogP contribution < -0.4 is 10.6 Å². The summed E-state index contributed by atoms with van der Waals surface area (Å²) in [6.45, 7) is 7.50. The molecule has 2 fully saturated rings. The summed E-state index contributed by atoms with van der Waals surface area (Å²) < 4.78 is 42.0. The minimum absolute atomic E-state index is 0.0272. The molecule has 2 aliphatic rings. The molecule has 0 saturated carbocycles. The van der Waals surface area contributed by atoms with E-state index in [1.807, 2.05) is 18.7 Å². The number of nitrogens with zero attached hydrogens (tertiary/aromatic N) is 5. The summed E-state index contributed by atoms with van der Waals surface area (Å²) in [4.78, 5) is 49.2. The maximum Gasteiger partial charge on any atom is 0.435 e. The highest BCUT2D eigenvalue weighted by Crippen LogP contribution is 2.32. The first-order valence-corrected chi connectivity index (χ1v) is 15.3. The van der Waals surface area contributed by atoms with Crippen molar-refractivity contribution in [2.24, 2.45) is 11.8 Å². The molecule has 5 rings (SSSR count). The summed E-state index contributed by atoms with van der Waals surface area (Å²) in [6.07, 6.45) is -0.440. The van der Waals surface area contributed by atoms with Crippen LogP contribution in [-0.2, 0) is 23.9 Å². The zero-order valence-electron chi connectivity index (χ0n) is 25.1. The summed E-state index contributed by atoms with van der Waals surface area (Å²) >= 11 is 6.44. The number of piperidine rings is 1. The molecule has 2 saturated heterocycles. The Bertz CT molecular complexity index is 1540. The first-order chi connectivity index (χ1) is 21.4. The number of imidazole rings is 1. The van der Waals surface area contributed by atoms with E-state index in [4.69, 9.17) is 11.6 Å². The number of alkyl halides is 3. The first-order valence-electron chi connectivity index (χ1n) is 15.0. The van der Waals surface area contributed by atoms with Gasteiger partial charge in [0.05, 0.1) is 10.6 Å². The Morgan fingerprint density at radius 2 is 1.78 bits per heavy atom. The molecule has 4 heterocycles. The van der Waals surface area contributed by atoms with E-state index < -0.39 is 17.8 Å². The lowest BCUT2D eigenvalue weighted by atomic mass is 9.96. The van der Waals surface area contributed by atoms with Crippen molar-refractivity contribution in [2.75, 3.05) is 44.6 Å². The second-order valence-corrected chi connectivity index (χ2v) is 12.2. The lowest BCUT2D eigenvalue weighted by Crippen LogP contribution is -2.52. The number of benzene rings is 1. The highest BCUT2D eigenvalue weighted by Gasteiger charge is 2.37. The second kappa shape index (κ2) is 13.6. The van der Waals surface area contributed by atoms with E-state index in [9.17, 15) is 27.6 Å². The Kier molecular flexibility index (Phi) is 9.82. The molecular weight excluding hydrogens is 613 g/mol. The fourth-order valence-electron chi connectivity index (χ4n) is 5.65. The third-order valence-corrected chi connectivity index (χ3v) is 8.22. The van der Waals surface area contributed by atoms with E-state index in [0.29, 0.717) is 44.1 Å². The first kappa shape index (κ1) is 32.5. The van der Waals surface area contributed by atoms with E-state index in [-0.39, 0.29) is 52.0 Å². The summed E-state index contributed by atoms with van der Waals surface area (Å²) in [5.41, 5.74) is -0.106. The molecule has 0 unspecified atom stereocenters. The van der Waals surface area contributed by atoms with Crippen LogP contribution in [0, 0.1) is 11.8 Å². The molecule has 45 heavy (non-hydrogen) atoms. The average Bonchev–Trinajstić information content (AvgIpc) is 3.64. The average molecular weight is 649 g/mol. The van der Waals surface area contributed by atoms with Gasteiger partial charge in [-0.15, -0.1) is 0 Å². The molecule has 3 aromatic rings. The van der Waals surface area contributed by atoms with Crippen LogP contribution in [0.2, 0.25) is 5.02 Å². The van der Waals surface area contributed by atoms with Gasteiger partial charge in [0, 0.05) is 74.4 Å². The van der Waals surface area contributed by atoms with Gasteiger partial charge >= 0.3 is 6.18 Å². The van der Waals surface area contributed by atoms with Crippen LogP contribution in [0.1, 0.15) is 64.6 Å². The van der Waals surface area contributed by atoms with Crippen molar-refractivity contribution >= 4 is 35.0 Å². The molecule has 2 aromatic heterocycles. The van der Waals surface area contributed by atoms with Crippen molar-refractivity contribution in [3.63, 3.8) is 0 Å². The molecule has 2 aliphatic heterocycles. The van der Waals surface area contributed by atoms with Gasteiger partial charge in [-0.1, -0.05) is 25.4 Å². The lowest BCUT2D eigenvalue weighted by molar-refractivity contribution is -0.142. The Morgan fingerprint density at radius 1 is 1.09 bits per heavy atom. The van der Waals surface area contributed by atoms with Crippen molar-refractivity contribution < 1.29 is 27.6 Å². The zero-order chi connectivity index (χ0) is 32.3. The molecule has 3 N–H and O–H groups in total. The molecule has 0 spiro atoms. The minimum atomic E-state index is -4.62. The van der Waals surface area contributed by atoms with Gasteiger partial charge in [0.1, 0.15) is 0 Å². The smallest absolute Gasteiger partial charge is 0.339 e. The number of rotatable bonds is 8. The maximum absolute atomic E-state index is 13.6. The van der Waals surface area contributed by atoms with Crippen LogP contribution in [0.5, 0.6) is 0 Å². The monoisotopic (exact) mass is 648 g/mol. The van der Waals surface area contributed by atoms with Gasteiger partial charge < -0.3 is 25.4 Å². The highest BCUT2D eigenvalue weighted by molar-refractivity contribution is 6.34. The van der Waals surface area contributed by atoms with Gasteiger partial charge in [-0.25, -0.2) is 4.98 Å². The molecular formula is C30H36ClF3N8O3. The number of nitrogens with one attached hydrogen (secondary N) is 3. The fraction of sp³-hybridized carbons (Fsp3) is 0.500. The van der Waals surface area contributed by atoms with Crippen molar-refractivity contribution in [3.8, 4) is 0 Å². The summed E-state index contributed by atoms with van der Waals surface area (Å²) in [7, 11) is 0. The van der Waals surface area contributed by atoms with Crippen molar-refractivity contribution in [1.29, 1.82) is 0 Å². The molecule has 0 atom stereocenters. The normalized spacial score (nSPS) is 16.3. The summed E-state index contributed by atoms with van der Waals surface area (Å²) in [5.74, 6) is -0.704. The number of hydrogen-bond acceptors (Lipinski definition) is 6. The quantitative estimate of drug-likeness (QED) is 0.338. The molecule has 0 bridgehead atoms. The van der Waals surface area contributed by atoms with E-state index in [1.165, 1.54) is 35.3 Å². The Morgan fingerprint density at radius 3 is 2.42 bits per heavy atom. The van der Waals surface area contributed by atoms with Gasteiger partial charge in [-0.2, -0.15) is 18.3 Å².